The second kappa shape index (κ2) is 4.86. The van der Waals surface area contributed by atoms with Gasteiger partial charge in [-0.15, -0.1) is 0 Å². The van der Waals surface area contributed by atoms with Crippen molar-refractivity contribution in [3.05, 3.63) is 42.0 Å². The Balaban J connectivity index is 2.05. The van der Waals surface area contributed by atoms with Crippen molar-refractivity contribution in [1.29, 1.82) is 0 Å². The van der Waals surface area contributed by atoms with E-state index in [9.17, 15) is 4.39 Å². The largest absolute Gasteiger partial charge is 0.484 e. The molecule has 17 heavy (non-hydrogen) atoms. The van der Waals surface area contributed by atoms with Gasteiger partial charge >= 0.3 is 0 Å². The Hall–Kier alpha value is -2.04. The number of nitrogen functional groups attached to an aromatic ring is 1. The van der Waals surface area contributed by atoms with Crippen LogP contribution in [-0.2, 0) is 13.2 Å². The molecular weight excluding hydrogens is 221 g/mol. The van der Waals surface area contributed by atoms with E-state index in [-0.39, 0.29) is 18.2 Å². The van der Waals surface area contributed by atoms with Crippen LogP contribution in [0.4, 0.5) is 10.3 Å². The van der Waals surface area contributed by atoms with Gasteiger partial charge < -0.3 is 15.0 Å². The van der Waals surface area contributed by atoms with E-state index in [0.29, 0.717) is 11.6 Å². The standard InChI is InChI=1S/C12H14FN3O/c1-2-16-7-9(15-12(16)14)8-17-11-6-4-3-5-10(11)13/h3-7H,2,8H2,1H3,(H2,14,15). The number of nitrogens with zero attached hydrogens (tertiary/aromatic N) is 2. The van der Waals surface area contributed by atoms with E-state index in [1.807, 2.05) is 6.92 Å². The number of rotatable bonds is 4. The second-order valence-electron chi connectivity index (χ2n) is 3.60. The fourth-order valence-corrected chi connectivity index (χ4v) is 1.52. The number of benzene rings is 1. The Bertz CT molecular complexity index is 510. The first-order valence-electron chi connectivity index (χ1n) is 5.39. The maximum atomic E-state index is 13.3. The molecule has 2 aromatic rings. The van der Waals surface area contributed by atoms with Gasteiger partial charge in [0.15, 0.2) is 17.5 Å². The Kier molecular flexibility index (Phi) is 3.27. The predicted octanol–water partition coefficient (Wildman–Crippen LogP) is 2.20. The lowest BCUT2D eigenvalue weighted by molar-refractivity contribution is 0.286. The lowest BCUT2D eigenvalue weighted by atomic mass is 10.3. The smallest absolute Gasteiger partial charge is 0.200 e. The first kappa shape index (κ1) is 11.4. The number of imidazole rings is 1. The molecule has 2 N–H and O–H groups in total. The van der Waals surface area contributed by atoms with Gasteiger partial charge in [-0.1, -0.05) is 12.1 Å². The summed E-state index contributed by atoms with van der Waals surface area (Å²) in [5.41, 5.74) is 6.36. The number of halogens is 1. The lowest BCUT2D eigenvalue weighted by Gasteiger charge is -2.04. The molecule has 90 valence electrons. The quantitative estimate of drug-likeness (QED) is 0.883. The van der Waals surface area contributed by atoms with E-state index < -0.39 is 0 Å². The first-order chi connectivity index (χ1) is 8.20. The lowest BCUT2D eigenvalue weighted by Crippen LogP contribution is -1.98. The molecule has 4 nitrogen and oxygen atoms in total. The zero-order valence-corrected chi connectivity index (χ0v) is 9.56. The molecule has 0 radical (unpaired) electrons. The van der Waals surface area contributed by atoms with Gasteiger partial charge in [0.25, 0.3) is 0 Å². The Morgan fingerprint density at radius 1 is 1.41 bits per heavy atom. The molecule has 0 bridgehead atoms. The first-order valence-corrected chi connectivity index (χ1v) is 5.39. The number of ether oxygens (including phenoxy) is 1. The third-order valence-corrected chi connectivity index (χ3v) is 2.41. The molecule has 2 rings (SSSR count). The Morgan fingerprint density at radius 2 is 2.18 bits per heavy atom. The van der Waals surface area contributed by atoms with Crippen LogP contribution in [0.25, 0.3) is 0 Å². The molecule has 0 aliphatic carbocycles. The summed E-state index contributed by atoms with van der Waals surface area (Å²) in [5, 5.41) is 0. The van der Waals surface area contributed by atoms with E-state index >= 15 is 0 Å². The van der Waals surface area contributed by atoms with Crippen LogP contribution in [0, 0.1) is 5.82 Å². The second-order valence-corrected chi connectivity index (χ2v) is 3.60. The number of para-hydroxylation sites is 1. The molecule has 0 saturated carbocycles. The maximum Gasteiger partial charge on any atom is 0.200 e. The molecule has 0 spiro atoms. The molecule has 5 heteroatoms. The molecule has 1 aromatic carbocycles. The summed E-state index contributed by atoms with van der Waals surface area (Å²) < 4.78 is 20.4. The average molecular weight is 235 g/mol. The summed E-state index contributed by atoms with van der Waals surface area (Å²) in [7, 11) is 0. The fourth-order valence-electron chi connectivity index (χ4n) is 1.52. The van der Waals surface area contributed by atoms with Crippen LogP contribution in [0.15, 0.2) is 30.5 Å². The van der Waals surface area contributed by atoms with Crippen molar-refractivity contribution in [3.63, 3.8) is 0 Å². The average Bonchev–Trinajstić information content (AvgIpc) is 2.69. The minimum Gasteiger partial charge on any atom is -0.484 e. The van der Waals surface area contributed by atoms with E-state index in [0.717, 1.165) is 6.54 Å². The highest BCUT2D eigenvalue weighted by Crippen LogP contribution is 2.17. The predicted molar refractivity (Wildman–Crippen MR) is 63.0 cm³/mol. The summed E-state index contributed by atoms with van der Waals surface area (Å²) in [6, 6.07) is 6.27. The zero-order valence-electron chi connectivity index (χ0n) is 9.56. The van der Waals surface area contributed by atoms with Gasteiger partial charge in [-0.05, 0) is 19.1 Å². The number of nitrogens with two attached hydrogens (primary N) is 1. The summed E-state index contributed by atoms with van der Waals surface area (Å²) in [6.45, 7) is 2.93. The number of hydrogen-bond acceptors (Lipinski definition) is 3. The van der Waals surface area contributed by atoms with E-state index in [1.54, 1.807) is 29.0 Å². The minimum atomic E-state index is -0.379. The normalized spacial score (nSPS) is 10.5. The monoisotopic (exact) mass is 235 g/mol. The van der Waals surface area contributed by atoms with Crippen molar-refractivity contribution in [3.8, 4) is 5.75 Å². The highest BCUT2D eigenvalue weighted by atomic mass is 19.1. The Labute approximate surface area is 98.8 Å². The SMILES string of the molecule is CCn1cc(COc2ccccc2F)nc1N. The van der Waals surface area contributed by atoms with Crippen LogP contribution in [0.1, 0.15) is 12.6 Å². The van der Waals surface area contributed by atoms with Crippen LogP contribution in [0.3, 0.4) is 0 Å². The van der Waals surface area contributed by atoms with Crippen LogP contribution in [0.2, 0.25) is 0 Å². The van der Waals surface area contributed by atoms with Gasteiger partial charge in [0.2, 0.25) is 0 Å². The molecule has 1 aromatic heterocycles. The maximum absolute atomic E-state index is 13.3. The minimum absolute atomic E-state index is 0.206. The van der Waals surface area contributed by atoms with E-state index in [2.05, 4.69) is 4.98 Å². The number of aromatic nitrogens is 2. The van der Waals surface area contributed by atoms with Gasteiger partial charge in [-0.2, -0.15) is 0 Å². The van der Waals surface area contributed by atoms with Gasteiger partial charge in [-0.25, -0.2) is 9.37 Å². The van der Waals surface area contributed by atoms with Crippen LogP contribution >= 0.6 is 0 Å². The molecule has 0 aliphatic heterocycles. The molecular formula is C12H14FN3O. The number of hydrogen-bond donors (Lipinski definition) is 1. The third kappa shape index (κ3) is 2.55. The van der Waals surface area contributed by atoms with Crippen molar-refractivity contribution >= 4 is 5.95 Å². The number of anilines is 1. The summed E-state index contributed by atoms with van der Waals surface area (Å²) in [6.07, 6.45) is 1.80. The fraction of sp³-hybridized carbons (Fsp3) is 0.250. The molecule has 0 atom stereocenters. The highest BCUT2D eigenvalue weighted by Gasteiger charge is 2.06. The molecule has 1 heterocycles. The molecule has 0 amide bonds. The van der Waals surface area contributed by atoms with Crippen LogP contribution in [0.5, 0.6) is 5.75 Å². The third-order valence-electron chi connectivity index (χ3n) is 2.41. The van der Waals surface area contributed by atoms with Crippen LogP contribution < -0.4 is 10.5 Å². The number of aryl methyl sites for hydroxylation is 1. The van der Waals surface area contributed by atoms with Gasteiger partial charge in [0.1, 0.15) is 6.61 Å². The van der Waals surface area contributed by atoms with Gasteiger partial charge in [-0.3, -0.25) is 0 Å². The van der Waals surface area contributed by atoms with Crippen molar-refractivity contribution in [1.82, 2.24) is 9.55 Å². The topological polar surface area (TPSA) is 53.1 Å². The molecule has 0 aliphatic rings. The summed E-state index contributed by atoms with van der Waals surface area (Å²) in [5.74, 6) is 0.284. The van der Waals surface area contributed by atoms with Gasteiger partial charge in [0, 0.05) is 12.7 Å². The molecule has 0 unspecified atom stereocenters. The summed E-state index contributed by atoms with van der Waals surface area (Å²) >= 11 is 0. The van der Waals surface area contributed by atoms with Gasteiger partial charge in [0.05, 0.1) is 5.69 Å². The van der Waals surface area contributed by atoms with E-state index in [4.69, 9.17) is 10.5 Å². The van der Waals surface area contributed by atoms with E-state index in [1.165, 1.54) is 6.07 Å². The molecule has 0 fully saturated rings. The Morgan fingerprint density at radius 3 is 2.82 bits per heavy atom. The van der Waals surface area contributed by atoms with Crippen molar-refractivity contribution in [2.24, 2.45) is 0 Å². The van der Waals surface area contributed by atoms with Crippen molar-refractivity contribution < 1.29 is 9.13 Å². The summed E-state index contributed by atoms with van der Waals surface area (Å²) in [4.78, 5) is 4.12. The van der Waals surface area contributed by atoms with Crippen molar-refractivity contribution in [2.45, 2.75) is 20.1 Å². The highest BCUT2D eigenvalue weighted by molar-refractivity contribution is 5.25. The molecule has 0 saturated heterocycles. The van der Waals surface area contributed by atoms with Crippen LogP contribution in [-0.4, -0.2) is 9.55 Å². The van der Waals surface area contributed by atoms with Crippen molar-refractivity contribution in [2.75, 3.05) is 5.73 Å². The zero-order chi connectivity index (χ0) is 12.3.